The van der Waals surface area contributed by atoms with Crippen molar-refractivity contribution in [2.75, 3.05) is 31.6 Å². The van der Waals surface area contributed by atoms with Gasteiger partial charge in [-0.3, -0.25) is 4.79 Å². The van der Waals surface area contributed by atoms with E-state index in [0.717, 1.165) is 28.6 Å². The van der Waals surface area contributed by atoms with Gasteiger partial charge in [0.25, 0.3) is 5.91 Å². The smallest absolute Gasteiger partial charge is 0.255 e. The van der Waals surface area contributed by atoms with Gasteiger partial charge < -0.3 is 10.1 Å². The van der Waals surface area contributed by atoms with Crippen LogP contribution in [0.25, 0.3) is 0 Å². The van der Waals surface area contributed by atoms with Gasteiger partial charge in [-0.15, -0.1) is 0 Å². The lowest BCUT2D eigenvalue weighted by Crippen LogP contribution is -2.37. The molecule has 1 atom stereocenters. The third kappa shape index (κ3) is 4.89. The number of amides is 1. The van der Waals surface area contributed by atoms with Crippen LogP contribution in [0.2, 0.25) is 5.02 Å². The molecule has 1 heterocycles. The first kappa shape index (κ1) is 21.6. The molecule has 2 aromatic carbocycles. The van der Waals surface area contributed by atoms with E-state index in [-0.39, 0.29) is 36.0 Å². The van der Waals surface area contributed by atoms with Crippen molar-refractivity contribution in [3.8, 4) is 0 Å². The molecule has 1 amide bonds. The number of carbonyl (C=O) groups excluding carboxylic acids is 1. The highest BCUT2D eigenvalue weighted by atomic mass is 35.5. The van der Waals surface area contributed by atoms with Gasteiger partial charge in [-0.1, -0.05) is 11.6 Å². The fourth-order valence-corrected chi connectivity index (χ4v) is 4.44. The topological polar surface area (TPSA) is 75.7 Å². The minimum Gasteiger partial charge on any atom is -0.377 e. The van der Waals surface area contributed by atoms with Crippen LogP contribution in [0.5, 0.6) is 0 Å². The number of anilines is 1. The van der Waals surface area contributed by atoms with E-state index in [2.05, 4.69) is 5.32 Å². The largest absolute Gasteiger partial charge is 0.377 e. The summed E-state index contributed by atoms with van der Waals surface area (Å²) < 4.78 is 72.6. The van der Waals surface area contributed by atoms with Crippen molar-refractivity contribution in [3.63, 3.8) is 0 Å². The zero-order valence-electron chi connectivity index (χ0n) is 14.9. The summed E-state index contributed by atoms with van der Waals surface area (Å²) in [4.78, 5) is 11.7. The van der Waals surface area contributed by atoms with Gasteiger partial charge in [-0.05, 0) is 36.4 Å². The van der Waals surface area contributed by atoms with Crippen molar-refractivity contribution in [2.45, 2.75) is 11.1 Å². The maximum atomic E-state index is 14.3. The quantitative estimate of drug-likeness (QED) is 0.779. The Morgan fingerprint density at radius 2 is 1.90 bits per heavy atom. The van der Waals surface area contributed by atoms with Gasteiger partial charge in [-0.2, -0.15) is 4.31 Å². The van der Waals surface area contributed by atoms with Crippen molar-refractivity contribution >= 4 is 33.2 Å². The number of halogens is 4. The van der Waals surface area contributed by atoms with Crippen LogP contribution >= 0.6 is 11.6 Å². The first-order chi connectivity index (χ1) is 13.7. The third-order valence-corrected chi connectivity index (χ3v) is 6.34. The second-order valence-electron chi connectivity index (χ2n) is 6.26. The molecule has 0 radical (unpaired) electrons. The van der Waals surface area contributed by atoms with E-state index < -0.39 is 45.2 Å². The van der Waals surface area contributed by atoms with Gasteiger partial charge in [-0.25, -0.2) is 21.6 Å². The van der Waals surface area contributed by atoms with Gasteiger partial charge in [0.15, 0.2) is 0 Å². The van der Waals surface area contributed by atoms with Crippen molar-refractivity contribution in [3.05, 3.63) is 58.6 Å². The lowest BCUT2D eigenvalue weighted by molar-refractivity contribution is 0.102. The molecule has 1 saturated heterocycles. The lowest BCUT2D eigenvalue weighted by atomic mass is 10.2. The molecule has 0 bridgehead atoms. The SMILES string of the molecule is O=C(Nc1ccc(F)c(Cl)c1)c1ccc(F)c(S(=O)(=O)N2CCOCC(F)C2)c1. The highest BCUT2D eigenvalue weighted by Gasteiger charge is 2.32. The number of hydrogen-bond acceptors (Lipinski definition) is 4. The van der Waals surface area contributed by atoms with Gasteiger partial charge >= 0.3 is 0 Å². The standard InChI is InChI=1S/C18H16ClF3N2O4S/c19-14-8-13(2-4-15(14)21)23-18(25)11-1-3-16(22)17(7-11)29(26,27)24-5-6-28-10-12(20)9-24/h1-4,7-8,12H,5-6,9-10H2,(H,23,25). The number of sulfonamides is 1. The molecule has 0 aromatic heterocycles. The molecule has 1 N–H and O–H groups in total. The van der Waals surface area contributed by atoms with Crippen LogP contribution in [-0.2, 0) is 14.8 Å². The highest BCUT2D eigenvalue weighted by Crippen LogP contribution is 2.24. The maximum Gasteiger partial charge on any atom is 0.255 e. The average Bonchev–Trinajstić information content (AvgIpc) is 2.90. The normalized spacial score (nSPS) is 18.3. The Balaban J connectivity index is 1.88. The minimum atomic E-state index is -4.40. The van der Waals surface area contributed by atoms with Crippen molar-refractivity contribution in [1.29, 1.82) is 0 Å². The van der Waals surface area contributed by atoms with Gasteiger partial charge in [0.1, 0.15) is 22.7 Å². The molecule has 1 aliphatic heterocycles. The summed E-state index contributed by atoms with van der Waals surface area (Å²) in [6, 6.07) is 6.28. The average molecular weight is 449 g/mol. The van der Waals surface area contributed by atoms with E-state index in [4.69, 9.17) is 16.3 Å². The highest BCUT2D eigenvalue weighted by molar-refractivity contribution is 7.89. The number of nitrogens with one attached hydrogen (secondary N) is 1. The van der Waals surface area contributed by atoms with Crippen LogP contribution in [-0.4, -0.2) is 51.1 Å². The lowest BCUT2D eigenvalue weighted by Gasteiger charge is -2.21. The zero-order chi connectivity index (χ0) is 21.2. The summed E-state index contributed by atoms with van der Waals surface area (Å²) in [6.45, 7) is -0.914. The van der Waals surface area contributed by atoms with E-state index in [0.29, 0.717) is 0 Å². The molecular formula is C18H16ClF3N2O4S. The third-order valence-electron chi connectivity index (χ3n) is 4.17. The van der Waals surface area contributed by atoms with Crippen LogP contribution in [0.3, 0.4) is 0 Å². The van der Waals surface area contributed by atoms with Crippen molar-refractivity contribution in [2.24, 2.45) is 0 Å². The second-order valence-corrected chi connectivity index (χ2v) is 8.58. The van der Waals surface area contributed by atoms with E-state index >= 15 is 0 Å². The molecule has 1 unspecified atom stereocenters. The van der Waals surface area contributed by atoms with E-state index in [1.807, 2.05) is 0 Å². The first-order valence-electron chi connectivity index (χ1n) is 8.46. The summed E-state index contributed by atoms with van der Waals surface area (Å²) >= 11 is 5.66. The molecule has 11 heteroatoms. The predicted octanol–water partition coefficient (Wildman–Crippen LogP) is 3.23. The van der Waals surface area contributed by atoms with Gasteiger partial charge in [0, 0.05) is 24.3 Å². The van der Waals surface area contributed by atoms with Crippen molar-refractivity contribution in [1.82, 2.24) is 4.31 Å². The molecule has 1 aliphatic rings. The summed E-state index contributed by atoms with van der Waals surface area (Å²) in [7, 11) is -4.40. The number of hydrogen-bond donors (Lipinski definition) is 1. The Kier molecular flexibility index (Phi) is 6.47. The van der Waals surface area contributed by atoms with Crippen LogP contribution in [0, 0.1) is 11.6 Å². The van der Waals surface area contributed by atoms with Crippen LogP contribution < -0.4 is 5.32 Å². The summed E-state index contributed by atoms with van der Waals surface area (Å²) in [6.07, 6.45) is -1.55. The maximum absolute atomic E-state index is 14.3. The molecule has 1 fully saturated rings. The Hall–Kier alpha value is -2.14. The fraction of sp³-hybridized carbons (Fsp3) is 0.278. The van der Waals surface area contributed by atoms with Crippen molar-refractivity contribution < 1.29 is 31.1 Å². The van der Waals surface area contributed by atoms with Gasteiger partial charge in [0.05, 0.1) is 18.2 Å². The number of carbonyl (C=O) groups is 1. The van der Waals surface area contributed by atoms with Crippen LogP contribution in [0.1, 0.15) is 10.4 Å². The molecule has 3 rings (SSSR count). The molecule has 0 saturated carbocycles. The van der Waals surface area contributed by atoms with E-state index in [1.165, 1.54) is 12.1 Å². The van der Waals surface area contributed by atoms with E-state index in [9.17, 15) is 26.4 Å². The Bertz CT molecular complexity index is 1040. The summed E-state index contributed by atoms with van der Waals surface area (Å²) in [5.74, 6) is -2.51. The Morgan fingerprint density at radius 1 is 1.17 bits per heavy atom. The summed E-state index contributed by atoms with van der Waals surface area (Å²) in [5, 5.41) is 2.21. The first-order valence-corrected chi connectivity index (χ1v) is 10.3. The van der Waals surface area contributed by atoms with Crippen LogP contribution in [0.15, 0.2) is 41.3 Å². The Morgan fingerprint density at radius 3 is 2.62 bits per heavy atom. The van der Waals surface area contributed by atoms with E-state index in [1.54, 1.807) is 0 Å². The monoisotopic (exact) mass is 448 g/mol. The zero-order valence-corrected chi connectivity index (χ0v) is 16.4. The fourth-order valence-electron chi connectivity index (χ4n) is 2.72. The predicted molar refractivity (Wildman–Crippen MR) is 100 cm³/mol. The molecule has 0 spiro atoms. The molecule has 156 valence electrons. The second kappa shape index (κ2) is 8.70. The summed E-state index contributed by atoms with van der Waals surface area (Å²) in [5.41, 5.74) is 0.00774. The van der Waals surface area contributed by atoms with Crippen LogP contribution in [0.4, 0.5) is 18.9 Å². The minimum absolute atomic E-state index is 0.0349. The number of alkyl halides is 1. The number of benzene rings is 2. The molecule has 0 aliphatic carbocycles. The van der Waals surface area contributed by atoms with Gasteiger partial charge in [0.2, 0.25) is 10.0 Å². The Labute approximate surface area is 170 Å². The molecular weight excluding hydrogens is 433 g/mol. The molecule has 6 nitrogen and oxygen atoms in total. The number of rotatable bonds is 4. The number of ether oxygens (including phenoxy) is 1. The molecule has 2 aromatic rings. The number of nitrogens with zero attached hydrogens (tertiary/aromatic N) is 1. The molecule has 29 heavy (non-hydrogen) atoms.